The van der Waals surface area contributed by atoms with Crippen LogP contribution in [0.4, 0.5) is 0 Å². The Kier molecular flexibility index (Phi) is 6.97. The van der Waals surface area contributed by atoms with Crippen LogP contribution in [0.1, 0.15) is 18.4 Å². The summed E-state index contributed by atoms with van der Waals surface area (Å²) < 4.78 is 5.19. The molecule has 1 aromatic rings. The average Bonchev–Trinajstić information content (AvgIpc) is 2.42. The highest BCUT2D eigenvalue weighted by molar-refractivity contribution is 5.75. The molecule has 0 atom stereocenters. The molecule has 0 aliphatic rings. The van der Waals surface area contributed by atoms with Crippen LogP contribution in [0.15, 0.2) is 24.3 Å². The van der Waals surface area contributed by atoms with Gasteiger partial charge in [-0.3, -0.25) is 4.79 Å². The minimum atomic E-state index is 0.189. The van der Waals surface area contributed by atoms with E-state index in [2.05, 4.69) is 17.4 Å². The molecule has 1 aromatic carbocycles. The predicted octanol–water partition coefficient (Wildman–Crippen LogP) is 1.70. The van der Waals surface area contributed by atoms with Crippen molar-refractivity contribution in [3.63, 3.8) is 0 Å². The van der Waals surface area contributed by atoms with Gasteiger partial charge in [0.05, 0.1) is 7.11 Å². The van der Waals surface area contributed by atoms with Crippen LogP contribution < -0.4 is 10.1 Å². The second kappa shape index (κ2) is 8.53. The highest BCUT2D eigenvalue weighted by Crippen LogP contribution is 2.12. The number of benzene rings is 1. The summed E-state index contributed by atoms with van der Waals surface area (Å²) >= 11 is 0. The van der Waals surface area contributed by atoms with E-state index >= 15 is 0 Å². The molecule has 0 aliphatic heterocycles. The molecule has 19 heavy (non-hydrogen) atoms. The van der Waals surface area contributed by atoms with Gasteiger partial charge in [-0.25, -0.2) is 0 Å². The second-order valence-electron chi connectivity index (χ2n) is 4.74. The van der Waals surface area contributed by atoms with Crippen LogP contribution in [0.3, 0.4) is 0 Å². The molecule has 0 radical (unpaired) electrons. The van der Waals surface area contributed by atoms with E-state index in [1.165, 1.54) is 5.56 Å². The normalized spacial score (nSPS) is 10.3. The van der Waals surface area contributed by atoms with Gasteiger partial charge >= 0.3 is 0 Å². The van der Waals surface area contributed by atoms with E-state index in [0.717, 1.165) is 31.7 Å². The Morgan fingerprint density at radius 3 is 2.79 bits per heavy atom. The molecule has 0 aromatic heterocycles. The van der Waals surface area contributed by atoms with Crippen LogP contribution in [-0.4, -0.2) is 45.1 Å². The van der Waals surface area contributed by atoms with Gasteiger partial charge in [-0.05, 0) is 43.6 Å². The molecule has 1 rings (SSSR count). The first-order valence-corrected chi connectivity index (χ1v) is 6.67. The average molecular weight is 264 g/mol. The number of carbonyl (C=O) groups excluding carboxylic acids is 1. The molecule has 0 aliphatic carbocycles. The Bertz CT molecular complexity index is 391. The molecule has 0 unspecified atom stereocenters. The number of hydrogen-bond acceptors (Lipinski definition) is 3. The summed E-state index contributed by atoms with van der Waals surface area (Å²) in [5, 5.41) is 3.35. The van der Waals surface area contributed by atoms with Crippen molar-refractivity contribution in [1.29, 1.82) is 0 Å². The Labute approximate surface area is 115 Å². The minimum Gasteiger partial charge on any atom is -0.497 e. The van der Waals surface area contributed by atoms with Gasteiger partial charge in [0.25, 0.3) is 0 Å². The maximum absolute atomic E-state index is 11.4. The third-order valence-corrected chi connectivity index (χ3v) is 2.97. The molecule has 0 heterocycles. The summed E-state index contributed by atoms with van der Waals surface area (Å²) in [4.78, 5) is 13.0. The largest absolute Gasteiger partial charge is 0.497 e. The van der Waals surface area contributed by atoms with Gasteiger partial charge in [-0.2, -0.15) is 0 Å². The fraction of sp³-hybridized carbons (Fsp3) is 0.533. The molecule has 106 valence electrons. The second-order valence-corrected chi connectivity index (χ2v) is 4.74. The zero-order valence-corrected chi connectivity index (χ0v) is 12.1. The third kappa shape index (κ3) is 6.25. The van der Waals surface area contributed by atoms with E-state index in [0.29, 0.717) is 6.42 Å². The lowest BCUT2D eigenvalue weighted by Crippen LogP contribution is -2.24. The Balaban J connectivity index is 2.12. The highest BCUT2D eigenvalue weighted by Gasteiger charge is 2.02. The predicted molar refractivity (Wildman–Crippen MR) is 77.5 cm³/mol. The lowest BCUT2D eigenvalue weighted by molar-refractivity contribution is -0.128. The molecular weight excluding hydrogens is 240 g/mol. The molecule has 4 heteroatoms. The quantitative estimate of drug-likeness (QED) is 0.727. The van der Waals surface area contributed by atoms with Gasteiger partial charge in [0, 0.05) is 20.5 Å². The first-order chi connectivity index (χ1) is 9.13. The summed E-state index contributed by atoms with van der Waals surface area (Å²) in [5.41, 5.74) is 1.26. The molecule has 0 bridgehead atoms. The molecule has 0 spiro atoms. The molecule has 0 saturated heterocycles. The van der Waals surface area contributed by atoms with Crippen LogP contribution in [0.2, 0.25) is 0 Å². The summed E-state index contributed by atoms with van der Waals surface area (Å²) in [6.45, 7) is 1.80. The number of ether oxygens (including phenoxy) is 1. The highest BCUT2D eigenvalue weighted by atomic mass is 16.5. The maximum Gasteiger partial charge on any atom is 0.222 e. The topological polar surface area (TPSA) is 41.6 Å². The molecular formula is C15H24N2O2. The maximum atomic E-state index is 11.4. The number of rotatable bonds is 8. The standard InChI is InChI=1S/C15H24N2O2/c1-17(2)15(18)8-5-10-16-11-9-13-6-4-7-14(12-13)19-3/h4,6-7,12,16H,5,8-11H2,1-3H3. The van der Waals surface area contributed by atoms with Crippen molar-refractivity contribution in [2.75, 3.05) is 34.3 Å². The summed E-state index contributed by atoms with van der Waals surface area (Å²) in [6.07, 6.45) is 2.47. The Morgan fingerprint density at radius 2 is 2.11 bits per heavy atom. The van der Waals surface area contributed by atoms with E-state index in [9.17, 15) is 4.79 Å². The van der Waals surface area contributed by atoms with Crippen molar-refractivity contribution < 1.29 is 9.53 Å². The Hall–Kier alpha value is -1.55. The van der Waals surface area contributed by atoms with E-state index in [1.807, 2.05) is 12.1 Å². The van der Waals surface area contributed by atoms with Crippen LogP contribution >= 0.6 is 0 Å². The molecule has 0 fully saturated rings. The van der Waals surface area contributed by atoms with E-state index < -0.39 is 0 Å². The fourth-order valence-electron chi connectivity index (χ4n) is 1.77. The van der Waals surface area contributed by atoms with Gasteiger partial charge < -0.3 is 15.0 Å². The van der Waals surface area contributed by atoms with Crippen molar-refractivity contribution in [2.45, 2.75) is 19.3 Å². The van der Waals surface area contributed by atoms with Crippen molar-refractivity contribution in [3.05, 3.63) is 29.8 Å². The van der Waals surface area contributed by atoms with E-state index in [-0.39, 0.29) is 5.91 Å². The first-order valence-electron chi connectivity index (χ1n) is 6.67. The number of nitrogens with one attached hydrogen (secondary N) is 1. The number of amides is 1. The number of hydrogen-bond donors (Lipinski definition) is 1. The van der Waals surface area contributed by atoms with Crippen molar-refractivity contribution >= 4 is 5.91 Å². The summed E-state index contributed by atoms with van der Waals surface area (Å²) in [7, 11) is 5.26. The minimum absolute atomic E-state index is 0.189. The Morgan fingerprint density at radius 1 is 1.32 bits per heavy atom. The van der Waals surface area contributed by atoms with Gasteiger partial charge in [0.2, 0.25) is 5.91 Å². The summed E-state index contributed by atoms with van der Waals surface area (Å²) in [6, 6.07) is 8.10. The van der Waals surface area contributed by atoms with Gasteiger partial charge in [-0.1, -0.05) is 12.1 Å². The number of carbonyl (C=O) groups is 1. The SMILES string of the molecule is COc1cccc(CCNCCCC(=O)N(C)C)c1. The fourth-order valence-corrected chi connectivity index (χ4v) is 1.77. The monoisotopic (exact) mass is 264 g/mol. The van der Waals surface area contributed by atoms with Crippen molar-refractivity contribution in [3.8, 4) is 5.75 Å². The smallest absolute Gasteiger partial charge is 0.222 e. The van der Waals surface area contributed by atoms with Gasteiger partial charge in [-0.15, -0.1) is 0 Å². The van der Waals surface area contributed by atoms with Crippen molar-refractivity contribution in [2.24, 2.45) is 0 Å². The molecule has 0 saturated carbocycles. The lowest BCUT2D eigenvalue weighted by Gasteiger charge is -2.10. The molecule has 4 nitrogen and oxygen atoms in total. The molecule has 1 amide bonds. The number of nitrogens with zero attached hydrogens (tertiary/aromatic N) is 1. The summed E-state index contributed by atoms with van der Waals surface area (Å²) in [5.74, 6) is 1.09. The van der Waals surface area contributed by atoms with Crippen LogP contribution in [0.5, 0.6) is 5.75 Å². The van der Waals surface area contributed by atoms with E-state index in [1.54, 1.807) is 26.1 Å². The van der Waals surface area contributed by atoms with Crippen LogP contribution in [0.25, 0.3) is 0 Å². The van der Waals surface area contributed by atoms with Gasteiger partial charge in [0.1, 0.15) is 5.75 Å². The number of methoxy groups -OCH3 is 1. The molecule has 1 N–H and O–H groups in total. The zero-order valence-electron chi connectivity index (χ0n) is 12.1. The zero-order chi connectivity index (χ0) is 14.1. The van der Waals surface area contributed by atoms with E-state index in [4.69, 9.17) is 4.74 Å². The third-order valence-electron chi connectivity index (χ3n) is 2.97. The van der Waals surface area contributed by atoms with Crippen LogP contribution in [0, 0.1) is 0 Å². The lowest BCUT2D eigenvalue weighted by atomic mass is 10.1. The van der Waals surface area contributed by atoms with Gasteiger partial charge in [0.15, 0.2) is 0 Å². The van der Waals surface area contributed by atoms with Crippen LogP contribution in [-0.2, 0) is 11.2 Å². The van der Waals surface area contributed by atoms with Crippen molar-refractivity contribution in [1.82, 2.24) is 10.2 Å². The first kappa shape index (κ1) is 15.5.